The molecule has 3 heteroatoms. The van der Waals surface area contributed by atoms with E-state index in [2.05, 4.69) is 15.2 Å². The molecule has 3 aromatic rings. The molecule has 0 bridgehead atoms. The minimum absolute atomic E-state index is 0.859. The Labute approximate surface area is 140 Å². The molecule has 0 aliphatic heterocycles. The molecule has 0 spiro atoms. The van der Waals surface area contributed by atoms with Gasteiger partial charge in [0.15, 0.2) is 0 Å². The second-order valence-corrected chi connectivity index (χ2v) is 3.76. The van der Waals surface area contributed by atoms with Gasteiger partial charge in [-0.15, -0.1) is 5.11 Å². The van der Waals surface area contributed by atoms with Gasteiger partial charge in [0.2, 0.25) is 0 Å². The van der Waals surface area contributed by atoms with E-state index in [0.29, 0.717) is 0 Å². The average molecular weight is 311 g/mol. The normalized spacial score (nSPS) is 9.13. The van der Waals surface area contributed by atoms with Crippen LogP contribution in [0.25, 0.3) is 10.9 Å². The van der Waals surface area contributed by atoms with Gasteiger partial charge >= 0.3 is 0 Å². The van der Waals surface area contributed by atoms with E-state index in [0.717, 1.165) is 22.3 Å². The number of rotatable bonds is 2. The van der Waals surface area contributed by atoms with Crippen molar-refractivity contribution >= 4 is 22.3 Å². The molecule has 0 saturated heterocycles. The number of fused-ring (bicyclic) bond motifs is 1. The minimum atomic E-state index is 0.859. The minimum Gasteiger partial charge on any atom is -0.359 e. The lowest BCUT2D eigenvalue weighted by Crippen LogP contribution is -1.64. The molecule has 3 rings (SSSR count). The van der Waals surface area contributed by atoms with Crippen molar-refractivity contribution in [2.24, 2.45) is 10.2 Å². The Morgan fingerprint density at radius 3 is 1.87 bits per heavy atom. The van der Waals surface area contributed by atoms with Crippen LogP contribution in [0.1, 0.15) is 41.5 Å². The molecular weight excluding hydrogens is 282 g/mol. The van der Waals surface area contributed by atoms with Crippen LogP contribution in [0.2, 0.25) is 0 Å². The molecular formula is C20H29N3. The summed E-state index contributed by atoms with van der Waals surface area (Å²) in [5, 5.41) is 9.55. The Hall–Kier alpha value is -2.42. The summed E-state index contributed by atoms with van der Waals surface area (Å²) >= 11 is 0. The molecule has 3 nitrogen and oxygen atoms in total. The van der Waals surface area contributed by atoms with Gasteiger partial charge in [-0.05, 0) is 18.2 Å². The first-order chi connectivity index (χ1) is 11.4. The second-order valence-electron chi connectivity index (χ2n) is 3.76. The molecule has 1 aromatic heterocycles. The van der Waals surface area contributed by atoms with Crippen LogP contribution in [-0.2, 0) is 0 Å². The van der Waals surface area contributed by atoms with E-state index in [4.69, 9.17) is 0 Å². The highest BCUT2D eigenvalue weighted by Gasteiger charge is 2.00. The summed E-state index contributed by atoms with van der Waals surface area (Å²) in [5.41, 5.74) is 2.80. The first-order valence-electron chi connectivity index (χ1n) is 8.46. The smallest absolute Gasteiger partial charge is 0.111 e. The fourth-order valence-corrected chi connectivity index (χ4v) is 1.75. The lowest BCUT2D eigenvalue weighted by atomic mass is 10.2. The van der Waals surface area contributed by atoms with E-state index in [9.17, 15) is 0 Å². The first kappa shape index (κ1) is 20.6. The van der Waals surface area contributed by atoms with Crippen LogP contribution in [0.5, 0.6) is 0 Å². The van der Waals surface area contributed by atoms with Crippen molar-refractivity contribution in [3.8, 4) is 0 Å². The first-order valence-corrected chi connectivity index (χ1v) is 8.46. The summed E-state index contributed by atoms with van der Waals surface area (Å²) in [4.78, 5) is 3.17. The molecule has 0 unspecified atom stereocenters. The van der Waals surface area contributed by atoms with Crippen LogP contribution in [0.15, 0.2) is 71.0 Å². The van der Waals surface area contributed by atoms with Crippen LogP contribution in [-0.4, -0.2) is 4.98 Å². The third-order valence-corrected chi connectivity index (χ3v) is 2.60. The van der Waals surface area contributed by atoms with Gasteiger partial charge in [0.05, 0.1) is 5.69 Å². The van der Waals surface area contributed by atoms with Crippen LogP contribution >= 0.6 is 0 Å². The maximum atomic E-state index is 4.26. The predicted octanol–water partition coefficient (Wildman–Crippen LogP) is 7.66. The van der Waals surface area contributed by atoms with Gasteiger partial charge in [-0.1, -0.05) is 77.9 Å². The molecule has 0 amide bonds. The van der Waals surface area contributed by atoms with Crippen molar-refractivity contribution in [2.75, 3.05) is 0 Å². The van der Waals surface area contributed by atoms with Crippen molar-refractivity contribution in [3.05, 3.63) is 60.8 Å². The third-order valence-electron chi connectivity index (χ3n) is 2.60. The molecule has 0 aliphatic rings. The van der Waals surface area contributed by atoms with Crippen LogP contribution in [0, 0.1) is 0 Å². The van der Waals surface area contributed by atoms with Gasteiger partial charge in [-0.2, -0.15) is 5.11 Å². The van der Waals surface area contributed by atoms with Gasteiger partial charge in [-0.3, -0.25) is 0 Å². The number of para-hydroxylation sites is 1. The largest absolute Gasteiger partial charge is 0.359 e. The van der Waals surface area contributed by atoms with Gasteiger partial charge in [-0.25, -0.2) is 0 Å². The van der Waals surface area contributed by atoms with Crippen molar-refractivity contribution in [3.63, 3.8) is 0 Å². The number of aromatic amines is 1. The topological polar surface area (TPSA) is 40.5 Å². The average Bonchev–Trinajstić information content (AvgIpc) is 3.09. The number of nitrogens with zero attached hydrogens (tertiary/aromatic N) is 2. The van der Waals surface area contributed by atoms with E-state index >= 15 is 0 Å². The molecule has 1 heterocycles. The molecule has 0 fully saturated rings. The zero-order valence-corrected chi connectivity index (χ0v) is 15.2. The lowest BCUT2D eigenvalue weighted by Gasteiger charge is -1.91. The van der Waals surface area contributed by atoms with Gasteiger partial charge < -0.3 is 4.98 Å². The van der Waals surface area contributed by atoms with E-state index in [1.807, 2.05) is 102 Å². The number of azo groups is 1. The summed E-state index contributed by atoms with van der Waals surface area (Å²) in [7, 11) is 0. The molecule has 2 aromatic carbocycles. The maximum Gasteiger partial charge on any atom is 0.111 e. The predicted molar refractivity (Wildman–Crippen MR) is 103 cm³/mol. The van der Waals surface area contributed by atoms with E-state index in [1.54, 1.807) is 0 Å². The van der Waals surface area contributed by atoms with Crippen molar-refractivity contribution in [2.45, 2.75) is 41.5 Å². The molecule has 0 radical (unpaired) electrons. The van der Waals surface area contributed by atoms with Crippen LogP contribution in [0.3, 0.4) is 0 Å². The van der Waals surface area contributed by atoms with E-state index in [-0.39, 0.29) is 0 Å². The quantitative estimate of drug-likeness (QED) is 0.472. The third kappa shape index (κ3) is 6.47. The van der Waals surface area contributed by atoms with Crippen molar-refractivity contribution in [1.82, 2.24) is 4.98 Å². The summed E-state index contributed by atoms with van der Waals surface area (Å²) in [6, 6.07) is 17.8. The number of aromatic nitrogens is 1. The van der Waals surface area contributed by atoms with Gasteiger partial charge in [0.25, 0.3) is 0 Å². The second kappa shape index (κ2) is 13.3. The molecule has 1 N–H and O–H groups in total. The Kier molecular flexibility index (Phi) is 11.9. The Bertz CT molecular complexity index is 655. The Morgan fingerprint density at radius 1 is 0.652 bits per heavy atom. The van der Waals surface area contributed by atoms with E-state index < -0.39 is 0 Å². The summed E-state index contributed by atoms with van der Waals surface area (Å²) in [6.07, 6.45) is 1.87. The number of hydrogen-bond acceptors (Lipinski definition) is 2. The Balaban J connectivity index is 0.000000728. The van der Waals surface area contributed by atoms with E-state index in [1.165, 1.54) is 0 Å². The summed E-state index contributed by atoms with van der Waals surface area (Å²) in [5.74, 6) is 0. The highest BCUT2D eigenvalue weighted by Crippen LogP contribution is 2.26. The molecule has 0 saturated carbocycles. The fraction of sp³-hybridized carbons (Fsp3) is 0.300. The highest BCUT2D eigenvalue weighted by molar-refractivity contribution is 5.90. The zero-order chi connectivity index (χ0) is 17.5. The fourth-order valence-electron chi connectivity index (χ4n) is 1.75. The number of H-pyrrole nitrogens is 1. The molecule has 124 valence electrons. The number of nitrogens with one attached hydrogen (secondary N) is 1. The highest BCUT2D eigenvalue weighted by atomic mass is 15.1. The molecule has 0 atom stereocenters. The van der Waals surface area contributed by atoms with Crippen molar-refractivity contribution < 1.29 is 0 Å². The molecule has 23 heavy (non-hydrogen) atoms. The lowest BCUT2D eigenvalue weighted by molar-refractivity contribution is 1.24. The maximum absolute atomic E-state index is 4.26. The zero-order valence-electron chi connectivity index (χ0n) is 15.2. The number of hydrogen-bond donors (Lipinski definition) is 1. The van der Waals surface area contributed by atoms with Crippen LogP contribution in [0.4, 0.5) is 11.4 Å². The summed E-state index contributed by atoms with van der Waals surface area (Å²) in [6.45, 7) is 12.0. The van der Waals surface area contributed by atoms with Crippen LogP contribution < -0.4 is 0 Å². The standard InChI is InChI=1S/C14H11N3.3C2H6/c1-2-6-11(7-3-1)16-17-14-10-15-13-9-5-4-8-12(13)14;3*1-2/h1-10,15H;3*1-2H3. The SMILES string of the molecule is CC.CC.CC.c1ccc(N=Nc2c[nH]c3ccccc23)cc1. The Morgan fingerprint density at radius 2 is 1.22 bits per heavy atom. The van der Waals surface area contributed by atoms with Gasteiger partial charge in [0.1, 0.15) is 5.69 Å². The number of benzene rings is 2. The molecule has 0 aliphatic carbocycles. The monoisotopic (exact) mass is 311 g/mol. The van der Waals surface area contributed by atoms with Crippen molar-refractivity contribution in [1.29, 1.82) is 0 Å². The summed E-state index contributed by atoms with van der Waals surface area (Å²) < 4.78 is 0. The van der Waals surface area contributed by atoms with Gasteiger partial charge in [0, 0.05) is 17.1 Å².